The van der Waals surface area contributed by atoms with Crippen molar-refractivity contribution in [3.63, 3.8) is 0 Å². The molecule has 4 atom stereocenters. The molecule has 0 aliphatic carbocycles. The Labute approximate surface area is 763 Å². The number of fused-ring (bicyclic) bond motifs is 2. The van der Waals surface area contributed by atoms with Gasteiger partial charge in [0, 0.05) is 58.5 Å². The molecule has 8 aromatic heterocycles. The number of halogens is 4. The highest BCUT2D eigenvalue weighted by Gasteiger charge is 2.33. The van der Waals surface area contributed by atoms with E-state index in [0.717, 1.165) is 141 Å². The summed E-state index contributed by atoms with van der Waals surface area (Å²) in [5.41, 5.74) is 9.09. The monoisotopic (exact) mass is 1810 g/mol. The summed E-state index contributed by atoms with van der Waals surface area (Å²) in [6, 6.07) is 22.4. The van der Waals surface area contributed by atoms with E-state index < -0.39 is 23.3 Å². The minimum absolute atomic E-state index is 0.0480. The lowest BCUT2D eigenvalue weighted by molar-refractivity contribution is 0.278. The molecule has 0 radical (unpaired) electrons. The Morgan fingerprint density at radius 3 is 0.975 bits per heavy atom. The van der Waals surface area contributed by atoms with Crippen LogP contribution in [0.4, 0.5) is 17.6 Å². The molecule has 0 fully saturated rings. The van der Waals surface area contributed by atoms with Gasteiger partial charge < -0.3 is 10.2 Å². The number of hydrogen-bond acceptors (Lipinski definition) is 14. The van der Waals surface area contributed by atoms with Crippen molar-refractivity contribution < 1.29 is 27.8 Å². The van der Waals surface area contributed by atoms with Crippen LogP contribution in [0.1, 0.15) is 370 Å². The van der Waals surface area contributed by atoms with Crippen molar-refractivity contribution in [3.05, 3.63) is 128 Å². The zero-order chi connectivity index (χ0) is 86.1. The summed E-state index contributed by atoms with van der Waals surface area (Å²) >= 11 is 11.6. The number of aromatic nitrogens is 4. The van der Waals surface area contributed by atoms with Gasteiger partial charge >= 0.3 is 0 Å². The molecule has 0 saturated carbocycles. The highest BCUT2D eigenvalue weighted by molar-refractivity contribution is 7.28. The zero-order valence-corrected chi connectivity index (χ0v) is 81.8. The summed E-state index contributed by atoms with van der Waals surface area (Å²) in [5, 5.41) is 20.4. The summed E-state index contributed by atoms with van der Waals surface area (Å²) in [7, 11) is 0. The van der Waals surface area contributed by atoms with Crippen LogP contribution in [-0.4, -0.2) is 27.7 Å². The Kier molecular flexibility index (Phi) is 41.6. The number of rotatable bonds is 61. The van der Waals surface area contributed by atoms with E-state index in [2.05, 4.69) is 92.6 Å². The van der Waals surface area contributed by atoms with Crippen LogP contribution in [0.15, 0.2) is 66.7 Å². The first kappa shape index (κ1) is 97.7. The van der Waals surface area contributed by atoms with Crippen LogP contribution >= 0.6 is 91.5 Å². The molecule has 0 saturated heterocycles. The Hall–Kier alpha value is -4.86. The van der Waals surface area contributed by atoms with Gasteiger partial charge in [-0.2, -0.15) is 17.5 Å². The van der Waals surface area contributed by atoms with Crippen LogP contribution in [0.5, 0.6) is 0 Å². The maximum Gasteiger partial charge on any atom is 0.170 e. The third-order valence-electron chi connectivity index (χ3n) is 25.7. The third-order valence-corrected chi connectivity index (χ3v) is 34.2. The number of aliphatic hydroxyl groups is 2. The average Bonchev–Trinajstić information content (AvgIpc) is 1.59. The van der Waals surface area contributed by atoms with Gasteiger partial charge in [0.1, 0.15) is 22.1 Å². The Morgan fingerprint density at radius 2 is 0.590 bits per heavy atom. The number of benzene rings is 3. The van der Waals surface area contributed by atoms with Gasteiger partial charge in [-0.3, -0.25) is 0 Å². The lowest BCUT2D eigenvalue weighted by Crippen LogP contribution is -2.06. The fourth-order valence-corrected chi connectivity index (χ4v) is 27.0. The normalized spacial score (nSPS) is 13.0. The Morgan fingerprint density at radius 1 is 0.287 bits per heavy atom. The molecule has 6 nitrogen and oxygen atoms in total. The Bertz CT molecular complexity index is 4910. The molecule has 4 unspecified atom stereocenters. The minimum atomic E-state index is -0.995. The van der Waals surface area contributed by atoms with Crippen molar-refractivity contribution in [2.45, 2.75) is 377 Å². The molecule has 11 aromatic rings. The molecule has 122 heavy (non-hydrogen) atoms. The molecule has 666 valence electrons. The van der Waals surface area contributed by atoms with Crippen molar-refractivity contribution in [3.8, 4) is 81.5 Å². The molecule has 11 rings (SSSR count). The first-order valence-corrected chi connectivity index (χ1v) is 54.3. The molecule has 0 bridgehead atoms. The standard InChI is InChI=1S/C104H142F4N4O2S8/c1-10-17-24-31-35-39-46-70(8)59-77-64-88(115-71(77)9)103-78(60-72(47-40-28-21-14-5)50-43-36-32-25-18-11-2)65-86(118-103)92-96(107)97(108)93(101-100(92)111-122-112-101)87-66-79(61-73(48-41-29-22-15-6)51-44-37-33-26-19-12-3)104(119-87)89-67-80(62-74(49-42-30-23-16-7)52-45-38-34-27-20-13-4)102(120-89)85-58-57-84(117-85)91-95(106)94(105)90(98-99(91)110-121-109-98)83-56-55-82(116-83)81-63-75(68-113)53-54-76(81)69-114/h53-58,63-67,70,72-74,113-114H,10-52,59-62,68-69H2,1-9H3. The van der Waals surface area contributed by atoms with Crippen molar-refractivity contribution in [1.29, 1.82) is 0 Å². The minimum Gasteiger partial charge on any atom is -0.392 e. The zero-order valence-electron chi connectivity index (χ0n) is 75.3. The summed E-state index contributed by atoms with van der Waals surface area (Å²) < 4.78 is 92.1. The van der Waals surface area contributed by atoms with Crippen molar-refractivity contribution in [2.24, 2.45) is 23.7 Å². The highest BCUT2D eigenvalue weighted by Crippen LogP contribution is 2.54. The number of hydrogen-bond donors (Lipinski definition) is 2. The first-order valence-electron chi connectivity index (χ1n) is 48.0. The van der Waals surface area contributed by atoms with Crippen LogP contribution in [0, 0.1) is 53.9 Å². The molecule has 0 spiro atoms. The highest BCUT2D eigenvalue weighted by atomic mass is 32.1. The topological polar surface area (TPSA) is 92.0 Å². The van der Waals surface area contributed by atoms with Crippen LogP contribution in [0.3, 0.4) is 0 Å². The molecule has 3 aromatic carbocycles. The second-order valence-electron chi connectivity index (χ2n) is 35.7. The molecular formula is C104H142F4N4O2S8. The number of unbranched alkanes of at least 4 members (excludes halogenated alkanes) is 29. The second kappa shape index (κ2) is 52.0. The van der Waals surface area contributed by atoms with Crippen LogP contribution in [-0.2, 0) is 38.9 Å². The SMILES string of the molecule is CCCCCCCCC(C)Cc1cc(-c2sc(-c3c(F)c(F)c(-c4cc(CC(CCCCCC)CCCCCCCC)c(-c5cc(CC(CCCCCC)CCCCCCCC)c(-c6ccc(-c7c(F)c(F)c(-c8ccc(-c9cc(CO)ccc9CO)s8)c8nsnc78)s6)s5)s4)c4nsnc34)cc2CC(CCCCCC)CCCCCCCC)sc1C. The van der Waals surface area contributed by atoms with E-state index in [1.807, 2.05) is 29.5 Å². The largest absolute Gasteiger partial charge is 0.392 e. The van der Waals surface area contributed by atoms with Gasteiger partial charge in [0.15, 0.2) is 23.3 Å². The van der Waals surface area contributed by atoms with E-state index in [9.17, 15) is 10.2 Å². The van der Waals surface area contributed by atoms with Crippen molar-refractivity contribution >= 4 is 114 Å². The predicted molar refractivity (Wildman–Crippen MR) is 528 cm³/mol. The maximum atomic E-state index is 18.8. The molecule has 8 heterocycles. The van der Waals surface area contributed by atoms with Crippen molar-refractivity contribution in [1.82, 2.24) is 17.5 Å². The van der Waals surface area contributed by atoms with Gasteiger partial charge in [-0.15, -0.1) is 68.0 Å². The molecule has 0 aliphatic heterocycles. The van der Waals surface area contributed by atoms with E-state index in [1.165, 1.54) is 279 Å². The summed E-state index contributed by atoms with van der Waals surface area (Å²) in [5.74, 6) is -1.84. The average molecular weight is 1810 g/mol. The fourth-order valence-electron chi connectivity index (χ4n) is 18.6. The van der Waals surface area contributed by atoms with Gasteiger partial charge in [0.05, 0.1) is 58.9 Å². The van der Waals surface area contributed by atoms with E-state index in [1.54, 1.807) is 52.2 Å². The third kappa shape index (κ3) is 26.9. The fraction of sp³-hybridized carbons (Fsp3) is 0.596. The second-order valence-corrected chi connectivity index (χ2v) is 43.3. The van der Waals surface area contributed by atoms with Crippen LogP contribution in [0.2, 0.25) is 0 Å². The molecular weight excluding hydrogens is 1670 g/mol. The summed E-state index contributed by atoms with van der Waals surface area (Å²) in [6.07, 6.45) is 55.9. The molecule has 18 heteroatoms. The Balaban J connectivity index is 1.04. The first-order chi connectivity index (χ1) is 59.7. The molecule has 0 aliphatic rings. The van der Waals surface area contributed by atoms with Crippen LogP contribution < -0.4 is 0 Å². The quantitative estimate of drug-likeness (QED) is 0.0291. The van der Waals surface area contributed by atoms with Gasteiger partial charge in [0.25, 0.3) is 0 Å². The summed E-state index contributed by atoms with van der Waals surface area (Å²) in [4.78, 5) is 11.2. The molecule has 0 amide bonds. The van der Waals surface area contributed by atoms with Gasteiger partial charge in [0.2, 0.25) is 0 Å². The van der Waals surface area contributed by atoms with E-state index in [-0.39, 0.29) is 41.0 Å². The lowest BCUT2D eigenvalue weighted by atomic mass is 9.88. The van der Waals surface area contributed by atoms with E-state index in [0.29, 0.717) is 66.0 Å². The maximum absolute atomic E-state index is 18.8. The van der Waals surface area contributed by atoms with Gasteiger partial charge in [-0.25, -0.2) is 17.6 Å². The lowest BCUT2D eigenvalue weighted by Gasteiger charge is -2.18. The van der Waals surface area contributed by atoms with Crippen molar-refractivity contribution in [2.75, 3.05) is 0 Å². The number of aryl methyl sites for hydroxylation is 1. The smallest absolute Gasteiger partial charge is 0.170 e. The predicted octanol–water partition coefficient (Wildman–Crippen LogP) is 36.8. The van der Waals surface area contributed by atoms with Gasteiger partial charge in [-0.05, 0) is 150 Å². The number of thiophene rings is 6. The summed E-state index contributed by atoms with van der Waals surface area (Å²) in [6.45, 7) is 20.3. The van der Waals surface area contributed by atoms with Gasteiger partial charge in [-0.1, -0.05) is 344 Å². The van der Waals surface area contributed by atoms with E-state index >= 15 is 17.6 Å². The van der Waals surface area contributed by atoms with E-state index in [4.69, 9.17) is 17.5 Å². The van der Waals surface area contributed by atoms with Crippen LogP contribution in [0.25, 0.3) is 104 Å². The number of aliphatic hydroxyl groups excluding tert-OH is 2. The molecule has 2 N–H and O–H groups in total. The number of nitrogens with zero attached hydrogens (tertiary/aromatic N) is 4.